The van der Waals surface area contributed by atoms with Gasteiger partial charge in [-0.1, -0.05) is 30.3 Å². The average molecular weight is 257 g/mol. The third-order valence-corrected chi connectivity index (χ3v) is 2.89. The zero-order valence-corrected chi connectivity index (χ0v) is 10.9. The molecule has 0 saturated heterocycles. The molecule has 0 bridgehead atoms. The van der Waals surface area contributed by atoms with Gasteiger partial charge in [-0.15, -0.1) is 0 Å². The Morgan fingerprint density at radius 3 is 2.11 bits per heavy atom. The normalized spacial score (nSPS) is 11.1. The Bertz CT molecular complexity index is 562. The van der Waals surface area contributed by atoms with Gasteiger partial charge in [0, 0.05) is 12.1 Å². The van der Waals surface area contributed by atoms with Crippen molar-refractivity contribution in [3.8, 4) is 5.75 Å². The molecule has 0 aliphatic carbocycles. The summed E-state index contributed by atoms with van der Waals surface area (Å²) in [7, 11) is 0. The molecule has 0 N–H and O–H groups in total. The van der Waals surface area contributed by atoms with Crippen molar-refractivity contribution < 1.29 is 9.66 Å². The lowest BCUT2D eigenvalue weighted by Gasteiger charge is -2.27. The second kappa shape index (κ2) is 5.10. The van der Waals surface area contributed by atoms with Crippen LogP contribution in [0.25, 0.3) is 0 Å². The summed E-state index contributed by atoms with van der Waals surface area (Å²) in [4.78, 5) is 10.2. The molecule has 0 saturated carbocycles. The van der Waals surface area contributed by atoms with E-state index in [0.29, 0.717) is 5.75 Å². The van der Waals surface area contributed by atoms with Gasteiger partial charge >= 0.3 is 0 Å². The van der Waals surface area contributed by atoms with Gasteiger partial charge in [-0.2, -0.15) is 0 Å². The van der Waals surface area contributed by atoms with E-state index in [-0.39, 0.29) is 5.69 Å². The van der Waals surface area contributed by atoms with E-state index in [1.54, 1.807) is 12.1 Å². The fourth-order valence-electron chi connectivity index (χ4n) is 1.83. The maximum atomic E-state index is 10.6. The molecule has 2 aromatic rings. The van der Waals surface area contributed by atoms with Gasteiger partial charge < -0.3 is 4.74 Å². The summed E-state index contributed by atoms with van der Waals surface area (Å²) in [5, 5.41) is 10.6. The third-order valence-electron chi connectivity index (χ3n) is 2.89. The van der Waals surface area contributed by atoms with Gasteiger partial charge in [0.1, 0.15) is 11.4 Å². The maximum absolute atomic E-state index is 10.6. The highest BCUT2D eigenvalue weighted by atomic mass is 16.6. The summed E-state index contributed by atoms with van der Waals surface area (Å²) < 4.78 is 5.90. The standard InChI is InChI=1S/C15H15NO3/c1-15(2,12-6-4-3-5-7-12)19-14-10-8-13(9-11-14)16(17)18/h3-11H,1-2H3. The molecule has 0 aromatic heterocycles. The minimum absolute atomic E-state index is 0.0601. The summed E-state index contributed by atoms with van der Waals surface area (Å²) in [5.41, 5.74) is 0.621. The molecule has 4 nitrogen and oxygen atoms in total. The molecular weight excluding hydrogens is 242 g/mol. The van der Waals surface area contributed by atoms with Crippen LogP contribution in [0.2, 0.25) is 0 Å². The van der Waals surface area contributed by atoms with Gasteiger partial charge in [-0.05, 0) is 31.5 Å². The van der Waals surface area contributed by atoms with Crippen molar-refractivity contribution in [3.05, 3.63) is 70.3 Å². The maximum Gasteiger partial charge on any atom is 0.269 e. The lowest BCUT2D eigenvalue weighted by atomic mass is 9.98. The smallest absolute Gasteiger partial charge is 0.269 e. The molecule has 2 rings (SSSR count). The Morgan fingerprint density at radius 1 is 1.00 bits per heavy atom. The summed E-state index contributed by atoms with van der Waals surface area (Å²) >= 11 is 0. The van der Waals surface area contributed by atoms with Gasteiger partial charge in [-0.25, -0.2) is 0 Å². The van der Waals surface area contributed by atoms with Crippen LogP contribution in [0.5, 0.6) is 5.75 Å². The number of non-ortho nitro benzene ring substituents is 1. The van der Waals surface area contributed by atoms with Crippen LogP contribution in [0.15, 0.2) is 54.6 Å². The number of nitro groups is 1. The van der Waals surface area contributed by atoms with E-state index < -0.39 is 10.5 Å². The summed E-state index contributed by atoms with van der Waals surface area (Å²) in [6.07, 6.45) is 0. The van der Waals surface area contributed by atoms with E-state index in [9.17, 15) is 10.1 Å². The molecule has 19 heavy (non-hydrogen) atoms. The highest BCUT2D eigenvalue weighted by molar-refractivity contribution is 5.36. The zero-order valence-electron chi connectivity index (χ0n) is 10.9. The van der Waals surface area contributed by atoms with Crippen LogP contribution in [0, 0.1) is 10.1 Å². The average Bonchev–Trinajstić information content (AvgIpc) is 2.40. The SMILES string of the molecule is CC(C)(Oc1ccc([N+](=O)[O-])cc1)c1ccccc1. The molecule has 0 heterocycles. The number of hydrogen-bond donors (Lipinski definition) is 0. The lowest BCUT2D eigenvalue weighted by Crippen LogP contribution is -2.25. The van der Waals surface area contributed by atoms with Gasteiger partial charge in [0.15, 0.2) is 0 Å². The monoisotopic (exact) mass is 257 g/mol. The molecule has 0 radical (unpaired) electrons. The van der Waals surface area contributed by atoms with Crippen molar-refractivity contribution in [2.24, 2.45) is 0 Å². The number of rotatable bonds is 4. The van der Waals surface area contributed by atoms with Crippen LogP contribution in [0.3, 0.4) is 0 Å². The topological polar surface area (TPSA) is 52.4 Å². The van der Waals surface area contributed by atoms with Crippen molar-refractivity contribution in [1.82, 2.24) is 0 Å². The van der Waals surface area contributed by atoms with Crippen molar-refractivity contribution in [2.45, 2.75) is 19.4 Å². The first-order chi connectivity index (χ1) is 8.99. The van der Waals surface area contributed by atoms with Crippen LogP contribution < -0.4 is 4.74 Å². The van der Waals surface area contributed by atoms with Crippen LogP contribution in [0.4, 0.5) is 5.69 Å². The molecule has 0 amide bonds. The first-order valence-electron chi connectivity index (χ1n) is 5.98. The molecule has 0 aliphatic heterocycles. The molecule has 4 heteroatoms. The highest BCUT2D eigenvalue weighted by Gasteiger charge is 2.22. The predicted molar refractivity (Wildman–Crippen MR) is 73.2 cm³/mol. The molecule has 98 valence electrons. The zero-order chi connectivity index (χ0) is 13.9. The van der Waals surface area contributed by atoms with E-state index in [1.807, 2.05) is 44.2 Å². The van der Waals surface area contributed by atoms with Crippen molar-refractivity contribution in [3.63, 3.8) is 0 Å². The number of hydrogen-bond acceptors (Lipinski definition) is 3. The van der Waals surface area contributed by atoms with Crippen LogP contribution in [-0.2, 0) is 5.60 Å². The highest BCUT2D eigenvalue weighted by Crippen LogP contribution is 2.28. The number of nitrogens with zero attached hydrogens (tertiary/aromatic N) is 1. The van der Waals surface area contributed by atoms with Crippen molar-refractivity contribution >= 4 is 5.69 Å². The molecule has 0 fully saturated rings. The summed E-state index contributed by atoms with van der Waals surface area (Å²) in [5.74, 6) is 0.611. The Balaban J connectivity index is 2.18. The van der Waals surface area contributed by atoms with E-state index in [0.717, 1.165) is 5.56 Å². The van der Waals surface area contributed by atoms with Crippen molar-refractivity contribution in [1.29, 1.82) is 0 Å². The first kappa shape index (κ1) is 13.1. The van der Waals surface area contributed by atoms with E-state index in [4.69, 9.17) is 4.74 Å². The Labute approximate surface area is 111 Å². The molecule has 2 aromatic carbocycles. The second-order valence-corrected chi connectivity index (χ2v) is 4.73. The Kier molecular flexibility index (Phi) is 3.51. The van der Waals surface area contributed by atoms with E-state index in [2.05, 4.69) is 0 Å². The number of nitro benzene ring substituents is 1. The fourth-order valence-corrected chi connectivity index (χ4v) is 1.83. The summed E-state index contributed by atoms with van der Waals surface area (Å²) in [6, 6.07) is 16.0. The minimum atomic E-state index is -0.489. The molecule has 0 unspecified atom stereocenters. The molecular formula is C15H15NO3. The van der Waals surface area contributed by atoms with Gasteiger partial charge in [-0.3, -0.25) is 10.1 Å². The second-order valence-electron chi connectivity index (χ2n) is 4.73. The van der Waals surface area contributed by atoms with Gasteiger partial charge in [0.2, 0.25) is 0 Å². The molecule has 0 spiro atoms. The quantitative estimate of drug-likeness (QED) is 0.616. The first-order valence-corrected chi connectivity index (χ1v) is 5.98. The van der Waals surface area contributed by atoms with Crippen LogP contribution >= 0.6 is 0 Å². The number of benzene rings is 2. The fraction of sp³-hybridized carbons (Fsp3) is 0.200. The van der Waals surface area contributed by atoms with Gasteiger partial charge in [0.25, 0.3) is 5.69 Å². The Morgan fingerprint density at radius 2 is 1.58 bits per heavy atom. The van der Waals surface area contributed by atoms with Crippen LogP contribution in [0.1, 0.15) is 19.4 Å². The predicted octanol–water partition coefficient (Wildman–Crippen LogP) is 3.91. The largest absolute Gasteiger partial charge is 0.483 e. The van der Waals surface area contributed by atoms with Gasteiger partial charge in [0.05, 0.1) is 4.92 Å². The molecule has 0 aliphatic rings. The van der Waals surface area contributed by atoms with Crippen molar-refractivity contribution in [2.75, 3.05) is 0 Å². The molecule has 0 atom stereocenters. The van der Waals surface area contributed by atoms with E-state index in [1.165, 1.54) is 12.1 Å². The van der Waals surface area contributed by atoms with Crippen LogP contribution in [-0.4, -0.2) is 4.92 Å². The number of ether oxygens (including phenoxy) is 1. The summed E-state index contributed by atoms with van der Waals surface area (Å²) in [6.45, 7) is 3.92. The van der Waals surface area contributed by atoms with E-state index >= 15 is 0 Å². The minimum Gasteiger partial charge on any atom is -0.483 e. The Hall–Kier alpha value is -2.36. The lowest BCUT2D eigenvalue weighted by molar-refractivity contribution is -0.384. The third kappa shape index (κ3) is 3.10.